The van der Waals surface area contributed by atoms with E-state index in [1.165, 1.54) is 0 Å². The van der Waals surface area contributed by atoms with Crippen LogP contribution in [-0.4, -0.2) is 22.9 Å². The van der Waals surface area contributed by atoms with Crippen LogP contribution >= 0.6 is 0 Å². The second kappa shape index (κ2) is 5.15. The second-order valence-electron chi connectivity index (χ2n) is 2.16. The molecular formula is C6H9N3O3. The van der Waals surface area contributed by atoms with E-state index in [0.717, 1.165) is 0 Å². The van der Waals surface area contributed by atoms with Gasteiger partial charge in [-0.15, -0.1) is 0 Å². The quantitative estimate of drug-likeness (QED) is 0.380. The van der Waals surface area contributed by atoms with Gasteiger partial charge in [0.2, 0.25) is 0 Å². The van der Waals surface area contributed by atoms with E-state index in [1.807, 2.05) is 0 Å². The van der Waals surface area contributed by atoms with E-state index in [1.54, 1.807) is 6.92 Å². The first-order valence-electron chi connectivity index (χ1n) is 3.40. The molecule has 0 saturated carbocycles. The lowest BCUT2D eigenvalue weighted by molar-refractivity contribution is -0.140. The van der Waals surface area contributed by atoms with Gasteiger partial charge < -0.3 is 5.11 Å². The number of azide groups is 1. The Kier molecular flexibility index (Phi) is 4.48. The number of carboxylic acid groups (broad SMARTS) is 1. The van der Waals surface area contributed by atoms with Gasteiger partial charge in [-0.3, -0.25) is 9.59 Å². The summed E-state index contributed by atoms with van der Waals surface area (Å²) in [6.45, 7) is 1.62. The van der Waals surface area contributed by atoms with Crippen molar-refractivity contribution in [1.82, 2.24) is 0 Å². The molecule has 0 aromatic heterocycles. The van der Waals surface area contributed by atoms with E-state index in [2.05, 4.69) is 10.0 Å². The summed E-state index contributed by atoms with van der Waals surface area (Å²) in [5, 5.41) is 11.4. The van der Waals surface area contributed by atoms with E-state index in [0.29, 0.717) is 0 Å². The van der Waals surface area contributed by atoms with Gasteiger partial charge in [0, 0.05) is 17.8 Å². The molecule has 1 atom stereocenters. The minimum atomic E-state index is -1.27. The molecule has 6 nitrogen and oxygen atoms in total. The number of carboxylic acids is 1. The standard InChI is InChI=1S/C6H9N3O3/c1-2-4(10)3-5(6(11)12)8-9-7/h5H,2-3H2,1H3,(H,11,12). The molecule has 12 heavy (non-hydrogen) atoms. The molecule has 0 bridgehead atoms. The number of ketones is 1. The Bertz CT molecular complexity index is 230. The van der Waals surface area contributed by atoms with Gasteiger partial charge in [0.15, 0.2) is 0 Å². The molecule has 0 fully saturated rings. The first-order valence-corrected chi connectivity index (χ1v) is 3.40. The van der Waals surface area contributed by atoms with Crippen molar-refractivity contribution >= 4 is 11.8 Å². The third-order valence-corrected chi connectivity index (χ3v) is 1.29. The number of rotatable bonds is 5. The van der Waals surface area contributed by atoms with Gasteiger partial charge in [-0.1, -0.05) is 12.0 Å². The average Bonchev–Trinajstić information content (AvgIpc) is 2.03. The zero-order valence-electron chi connectivity index (χ0n) is 6.60. The molecule has 0 rings (SSSR count). The van der Waals surface area contributed by atoms with Crippen molar-refractivity contribution in [2.75, 3.05) is 0 Å². The maximum absolute atomic E-state index is 10.8. The Hall–Kier alpha value is -1.55. The fourth-order valence-corrected chi connectivity index (χ4v) is 0.600. The van der Waals surface area contributed by atoms with Crippen LogP contribution in [0.5, 0.6) is 0 Å². The highest BCUT2D eigenvalue weighted by molar-refractivity contribution is 5.85. The topological polar surface area (TPSA) is 103 Å². The van der Waals surface area contributed by atoms with Crippen LogP contribution in [0.25, 0.3) is 10.4 Å². The summed E-state index contributed by atoms with van der Waals surface area (Å²) < 4.78 is 0. The zero-order chi connectivity index (χ0) is 9.56. The minimum absolute atomic E-state index is 0.226. The van der Waals surface area contributed by atoms with Gasteiger partial charge in [-0.05, 0) is 5.53 Å². The fourth-order valence-electron chi connectivity index (χ4n) is 0.600. The molecule has 1 unspecified atom stereocenters. The molecule has 0 aliphatic heterocycles. The molecule has 0 radical (unpaired) electrons. The number of hydrogen-bond acceptors (Lipinski definition) is 3. The predicted molar refractivity (Wildman–Crippen MR) is 40.5 cm³/mol. The lowest BCUT2D eigenvalue weighted by Crippen LogP contribution is -2.20. The molecule has 1 N–H and O–H groups in total. The molecule has 0 saturated heterocycles. The number of carbonyl (C=O) groups excluding carboxylic acids is 1. The highest BCUT2D eigenvalue weighted by Gasteiger charge is 2.18. The van der Waals surface area contributed by atoms with E-state index >= 15 is 0 Å². The maximum atomic E-state index is 10.8. The van der Waals surface area contributed by atoms with E-state index in [4.69, 9.17) is 10.6 Å². The average molecular weight is 171 g/mol. The smallest absolute Gasteiger partial charge is 0.312 e. The molecular weight excluding hydrogens is 162 g/mol. The Morgan fingerprint density at radius 1 is 1.67 bits per heavy atom. The Morgan fingerprint density at radius 2 is 2.25 bits per heavy atom. The van der Waals surface area contributed by atoms with Crippen LogP contribution in [0.2, 0.25) is 0 Å². The van der Waals surface area contributed by atoms with Crippen LogP contribution in [0, 0.1) is 0 Å². The maximum Gasteiger partial charge on any atom is 0.312 e. The Labute approximate surface area is 68.8 Å². The van der Waals surface area contributed by atoms with E-state index in [-0.39, 0.29) is 18.6 Å². The van der Waals surface area contributed by atoms with Gasteiger partial charge in [0.1, 0.15) is 11.8 Å². The predicted octanol–water partition coefficient (Wildman–Crippen LogP) is 1.12. The van der Waals surface area contributed by atoms with Crippen molar-refractivity contribution in [1.29, 1.82) is 0 Å². The molecule has 0 aliphatic carbocycles. The van der Waals surface area contributed by atoms with Crippen molar-refractivity contribution in [2.24, 2.45) is 5.11 Å². The summed E-state index contributed by atoms with van der Waals surface area (Å²) in [6, 6.07) is -1.26. The summed E-state index contributed by atoms with van der Waals surface area (Å²) in [6.07, 6.45) is 0.0284. The third-order valence-electron chi connectivity index (χ3n) is 1.29. The normalized spacial score (nSPS) is 11.4. The van der Waals surface area contributed by atoms with Gasteiger partial charge >= 0.3 is 5.97 Å². The van der Waals surface area contributed by atoms with Gasteiger partial charge in [0.05, 0.1) is 0 Å². The molecule has 0 spiro atoms. The summed E-state index contributed by atoms with van der Waals surface area (Å²) in [7, 11) is 0. The molecule has 0 aromatic rings. The number of carbonyl (C=O) groups is 2. The Balaban J connectivity index is 4.23. The number of nitrogens with zero attached hydrogens (tertiary/aromatic N) is 3. The lowest BCUT2D eigenvalue weighted by Gasteiger charge is -2.01. The van der Waals surface area contributed by atoms with Crippen LogP contribution < -0.4 is 0 Å². The van der Waals surface area contributed by atoms with Crippen molar-refractivity contribution in [3.63, 3.8) is 0 Å². The summed E-state index contributed by atoms with van der Waals surface area (Å²) in [5.74, 6) is -1.50. The first-order chi connectivity index (χ1) is 5.61. The van der Waals surface area contributed by atoms with Crippen LogP contribution in [0.3, 0.4) is 0 Å². The summed E-state index contributed by atoms with van der Waals surface area (Å²) in [4.78, 5) is 23.4. The largest absolute Gasteiger partial charge is 0.481 e. The summed E-state index contributed by atoms with van der Waals surface area (Å²) in [5.41, 5.74) is 7.95. The monoisotopic (exact) mass is 171 g/mol. The molecule has 0 aliphatic rings. The molecule has 6 heteroatoms. The lowest BCUT2D eigenvalue weighted by atomic mass is 10.1. The van der Waals surface area contributed by atoms with Gasteiger partial charge in [0.25, 0.3) is 0 Å². The second-order valence-corrected chi connectivity index (χ2v) is 2.16. The highest BCUT2D eigenvalue weighted by atomic mass is 16.4. The van der Waals surface area contributed by atoms with Crippen LogP contribution in [-0.2, 0) is 9.59 Å². The minimum Gasteiger partial charge on any atom is -0.481 e. The first kappa shape index (κ1) is 10.4. The number of hydrogen-bond donors (Lipinski definition) is 1. The van der Waals surface area contributed by atoms with Crippen LogP contribution in [0.4, 0.5) is 0 Å². The van der Waals surface area contributed by atoms with Crippen molar-refractivity contribution < 1.29 is 14.7 Å². The van der Waals surface area contributed by atoms with E-state index < -0.39 is 12.0 Å². The number of Topliss-reactive ketones (excluding diaryl/α,β-unsaturated/α-hetero) is 1. The molecule has 0 heterocycles. The van der Waals surface area contributed by atoms with Crippen molar-refractivity contribution in [2.45, 2.75) is 25.8 Å². The fraction of sp³-hybridized carbons (Fsp3) is 0.667. The van der Waals surface area contributed by atoms with E-state index in [9.17, 15) is 9.59 Å². The Morgan fingerprint density at radius 3 is 2.58 bits per heavy atom. The van der Waals surface area contributed by atoms with Gasteiger partial charge in [-0.25, -0.2) is 0 Å². The molecule has 0 aromatic carbocycles. The van der Waals surface area contributed by atoms with Crippen molar-refractivity contribution in [3.8, 4) is 0 Å². The molecule has 0 amide bonds. The number of aliphatic carboxylic acids is 1. The summed E-state index contributed by atoms with van der Waals surface area (Å²) >= 11 is 0. The zero-order valence-corrected chi connectivity index (χ0v) is 6.60. The SMILES string of the molecule is CCC(=O)CC(N=[N+]=[N-])C(=O)O. The van der Waals surface area contributed by atoms with Crippen molar-refractivity contribution in [3.05, 3.63) is 10.4 Å². The molecule has 66 valence electrons. The van der Waals surface area contributed by atoms with Crippen LogP contribution in [0.15, 0.2) is 5.11 Å². The third kappa shape index (κ3) is 3.58. The van der Waals surface area contributed by atoms with Crippen LogP contribution in [0.1, 0.15) is 19.8 Å². The highest BCUT2D eigenvalue weighted by Crippen LogP contribution is 2.01. The van der Waals surface area contributed by atoms with Gasteiger partial charge in [-0.2, -0.15) is 0 Å².